The Balaban J connectivity index is 1.58. The number of aliphatic imine (C=N–C) groups is 1. The van der Waals surface area contributed by atoms with Crippen LogP contribution in [0.5, 0.6) is 0 Å². The lowest BCUT2D eigenvalue weighted by molar-refractivity contribution is -0.137. The predicted molar refractivity (Wildman–Crippen MR) is 136 cm³/mol. The van der Waals surface area contributed by atoms with E-state index in [2.05, 4.69) is 4.99 Å². The van der Waals surface area contributed by atoms with Crippen LogP contribution in [0.1, 0.15) is 28.2 Å². The molecule has 1 aromatic heterocycles. The number of hydrogen-bond acceptors (Lipinski definition) is 4. The lowest BCUT2D eigenvalue weighted by atomic mass is 10.1. The van der Waals surface area contributed by atoms with Gasteiger partial charge in [0.1, 0.15) is 11.5 Å². The molecule has 0 saturated carbocycles. The van der Waals surface area contributed by atoms with E-state index in [0.717, 1.165) is 23.3 Å². The number of furan rings is 1. The van der Waals surface area contributed by atoms with Gasteiger partial charge in [0.25, 0.3) is 0 Å². The van der Waals surface area contributed by atoms with E-state index in [4.69, 9.17) is 16.0 Å². The Morgan fingerprint density at radius 3 is 2.32 bits per heavy atom. The third-order valence-corrected chi connectivity index (χ3v) is 7.52. The number of alkyl halides is 3. The molecule has 0 aliphatic carbocycles. The number of halogens is 4. The molecule has 0 N–H and O–H groups in total. The second-order valence-corrected chi connectivity index (χ2v) is 10.7. The molecule has 0 aliphatic rings. The minimum Gasteiger partial charge on any atom is -0.459 e. The van der Waals surface area contributed by atoms with Crippen LogP contribution in [0.15, 0.2) is 99.2 Å². The molecule has 192 valence electrons. The van der Waals surface area contributed by atoms with Crippen LogP contribution in [0.4, 0.5) is 18.9 Å². The molecule has 1 heterocycles. The number of sulfonamides is 1. The Kier molecular flexibility index (Phi) is 7.87. The standard InChI is InChI=1S/C27H22ClF3N2O3S/c1-19-5-7-20(8-6-19)17-33(37(34,35)26-13-9-22(28)10-14-26)18-25-12-11-24(36-25)16-32-23-4-2-3-21(15-23)27(29,30)31/h2-16H,17-18H2,1H3. The number of benzene rings is 3. The Labute approximate surface area is 217 Å². The van der Waals surface area contributed by atoms with E-state index >= 15 is 0 Å². The zero-order valence-corrected chi connectivity index (χ0v) is 21.2. The molecule has 3 aromatic carbocycles. The zero-order chi connectivity index (χ0) is 26.6. The molecular formula is C27H22ClF3N2O3S. The summed E-state index contributed by atoms with van der Waals surface area (Å²) in [5.74, 6) is 0.613. The van der Waals surface area contributed by atoms with Gasteiger partial charge in [0.05, 0.1) is 28.9 Å². The number of nitrogens with zero attached hydrogens (tertiary/aromatic N) is 2. The summed E-state index contributed by atoms with van der Waals surface area (Å²) in [7, 11) is -3.91. The van der Waals surface area contributed by atoms with Gasteiger partial charge in [0.2, 0.25) is 10.0 Å². The molecular weight excluding hydrogens is 525 g/mol. The van der Waals surface area contributed by atoms with Crippen molar-refractivity contribution in [1.29, 1.82) is 0 Å². The Hall–Kier alpha value is -3.40. The van der Waals surface area contributed by atoms with Crippen LogP contribution in [0.3, 0.4) is 0 Å². The molecule has 4 rings (SSSR count). The summed E-state index contributed by atoms with van der Waals surface area (Å²) in [6.07, 6.45) is -3.18. The van der Waals surface area contributed by atoms with Gasteiger partial charge in [-0.2, -0.15) is 17.5 Å². The molecule has 0 atom stereocenters. The summed E-state index contributed by atoms with van der Waals surface area (Å²) in [5.41, 5.74) is 1.15. The van der Waals surface area contributed by atoms with Gasteiger partial charge in [-0.25, -0.2) is 8.42 Å². The molecule has 0 fully saturated rings. The van der Waals surface area contributed by atoms with E-state index in [1.807, 2.05) is 31.2 Å². The van der Waals surface area contributed by atoms with Crippen LogP contribution < -0.4 is 0 Å². The minimum atomic E-state index is -4.47. The first kappa shape index (κ1) is 26.7. The average molecular weight is 547 g/mol. The summed E-state index contributed by atoms with van der Waals surface area (Å²) >= 11 is 5.93. The van der Waals surface area contributed by atoms with E-state index in [9.17, 15) is 21.6 Å². The maximum atomic E-state index is 13.5. The summed E-state index contributed by atoms with van der Waals surface area (Å²) in [5, 5.41) is 0.416. The Morgan fingerprint density at radius 1 is 0.946 bits per heavy atom. The zero-order valence-electron chi connectivity index (χ0n) is 19.6. The van der Waals surface area contributed by atoms with Crippen molar-refractivity contribution in [1.82, 2.24) is 4.31 Å². The van der Waals surface area contributed by atoms with Gasteiger partial charge in [-0.15, -0.1) is 0 Å². The molecule has 0 aliphatic heterocycles. The topological polar surface area (TPSA) is 62.9 Å². The lowest BCUT2D eigenvalue weighted by Gasteiger charge is -2.21. The van der Waals surface area contributed by atoms with Crippen LogP contribution >= 0.6 is 11.6 Å². The van der Waals surface area contributed by atoms with Gasteiger partial charge in [-0.3, -0.25) is 4.99 Å². The van der Waals surface area contributed by atoms with Crippen LogP contribution in [-0.4, -0.2) is 18.9 Å². The third kappa shape index (κ3) is 6.88. The Bertz CT molecular complexity index is 1500. The van der Waals surface area contributed by atoms with Crippen LogP contribution in [-0.2, 0) is 29.3 Å². The second kappa shape index (κ2) is 10.9. The molecule has 4 aromatic rings. The fourth-order valence-electron chi connectivity index (χ4n) is 3.50. The molecule has 0 unspecified atom stereocenters. The smallest absolute Gasteiger partial charge is 0.416 e. The SMILES string of the molecule is Cc1ccc(CN(Cc2ccc(C=Nc3cccc(C(F)(F)F)c3)o2)S(=O)(=O)c2ccc(Cl)cc2)cc1. The summed E-state index contributed by atoms with van der Waals surface area (Å²) in [6, 6.07) is 21.2. The van der Waals surface area contributed by atoms with Crippen molar-refractivity contribution >= 4 is 33.5 Å². The van der Waals surface area contributed by atoms with Crippen molar-refractivity contribution in [2.24, 2.45) is 4.99 Å². The average Bonchev–Trinajstić information content (AvgIpc) is 3.31. The van der Waals surface area contributed by atoms with Crippen molar-refractivity contribution in [3.05, 3.63) is 118 Å². The maximum absolute atomic E-state index is 13.5. The van der Waals surface area contributed by atoms with Crippen molar-refractivity contribution in [3.63, 3.8) is 0 Å². The van der Waals surface area contributed by atoms with Crippen LogP contribution in [0, 0.1) is 6.92 Å². The van der Waals surface area contributed by atoms with E-state index in [1.165, 1.54) is 46.9 Å². The second-order valence-electron chi connectivity index (χ2n) is 8.32. The predicted octanol–water partition coefficient (Wildman–Crippen LogP) is 7.40. The van der Waals surface area contributed by atoms with Crippen molar-refractivity contribution in [2.75, 3.05) is 0 Å². The molecule has 0 saturated heterocycles. The van der Waals surface area contributed by atoms with Crippen LogP contribution in [0.25, 0.3) is 0 Å². The van der Waals surface area contributed by atoms with E-state index < -0.39 is 21.8 Å². The first-order valence-corrected chi connectivity index (χ1v) is 12.9. The van der Waals surface area contributed by atoms with E-state index in [1.54, 1.807) is 12.1 Å². The monoisotopic (exact) mass is 546 g/mol. The minimum absolute atomic E-state index is 0.0732. The van der Waals surface area contributed by atoms with Gasteiger partial charge < -0.3 is 4.42 Å². The summed E-state index contributed by atoms with van der Waals surface area (Å²) < 4.78 is 72.8. The highest BCUT2D eigenvalue weighted by Crippen LogP contribution is 2.31. The number of hydrogen-bond donors (Lipinski definition) is 0. The first-order valence-electron chi connectivity index (χ1n) is 11.1. The van der Waals surface area contributed by atoms with Crippen molar-refractivity contribution in [3.8, 4) is 0 Å². The fraction of sp³-hybridized carbons (Fsp3) is 0.148. The number of rotatable bonds is 8. The highest BCUT2D eigenvalue weighted by Gasteiger charge is 2.30. The molecule has 5 nitrogen and oxygen atoms in total. The molecule has 10 heteroatoms. The highest BCUT2D eigenvalue weighted by molar-refractivity contribution is 7.89. The first-order chi connectivity index (χ1) is 17.5. The van der Waals surface area contributed by atoms with Gasteiger partial charge in [-0.1, -0.05) is 47.5 Å². The quantitative estimate of drug-likeness (QED) is 0.216. The van der Waals surface area contributed by atoms with Gasteiger partial charge >= 0.3 is 6.18 Å². The lowest BCUT2D eigenvalue weighted by Crippen LogP contribution is -2.30. The summed E-state index contributed by atoms with van der Waals surface area (Å²) in [4.78, 5) is 4.15. The molecule has 37 heavy (non-hydrogen) atoms. The molecule has 0 radical (unpaired) electrons. The van der Waals surface area contributed by atoms with E-state index in [-0.39, 0.29) is 29.4 Å². The van der Waals surface area contributed by atoms with Gasteiger partial charge in [0, 0.05) is 11.6 Å². The highest BCUT2D eigenvalue weighted by atomic mass is 35.5. The largest absolute Gasteiger partial charge is 0.459 e. The van der Waals surface area contributed by atoms with Crippen molar-refractivity contribution < 1.29 is 26.0 Å². The maximum Gasteiger partial charge on any atom is 0.416 e. The third-order valence-electron chi connectivity index (χ3n) is 5.46. The van der Waals surface area contributed by atoms with Gasteiger partial charge in [0.15, 0.2) is 0 Å². The molecule has 0 bridgehead atoms. The van der Waals surface area contributed by atoms with Gasteiger partial charge in [-0.05, 0) is 67.1 Å². The normalized spacial score (nSPS) is 12.5. The number of aryl methyl sites for hydroxylation is 1. The van der Waals surface area contributed by atoms with Crippen LogP contribution in [0.2, 0.25) is 5.02 Å². The molecule has 0 amide bonds. The fourth-order valence-corrected chi connectivity index (χ4v) is 5.02. The van der Waals surface area contributed by atoms with Crippen molar-refractivity contribution in [2.45, 2.75) is 31.1 Å². The Morgan fingerprint density at radius 2 is 1.65 bits per heavy atom. The molecule has 0 spiro atoms. The van der Waals surface area contributed by atoms with E-state index in [0.29, 0.717) is 10.8 Å². The summed E-state index contributed by atoms with van der Waals surface area (Å²) in [6.45, 7) is 1.97.